The van der Waals surface area contributed by atoms with Crippen LogP contribution < -0.4 is 4.90 Å². The van der Waals surface area contributed by atoms with E-state index in [1.807, 2.05) is 6.07 Å². The summed E-state index contributed by atoms with van der Waals surface area (Å²) in [5.41, 5.74) is 15.2. The van der Waals surface area contributed by atoms with Crippen molar-refractivity contribution < 1.29 is 4.42 Å². The van der Waals surface area contributed by atoms with Crippen LogP contribution in [-0.2, 0) is 0 Å². The molecule has 0 bridgehead atoms. The molecule has 12 aromatic rings. The molecule has 12 rings (SSSR count). The zero-order valence-electron chi connectivity index (χ0n) is 33.2. The average Bonchev–Trinajstić information content (AvgIpc) is 3.89. The first-order chi connectivity index (χ1) is 30.3. The number of hydrogen-bond acceptors (Lipinski definition) is 2. The summed E-state index contributed by atoms with van der Waals surface area (Å²) in [5.74, 6) is 0. The van der Waals surface area contributed by atoms with E-state index in [9.17, 15) is 0 Å². The van der Waals surface area contributed by atoms with E-state index < -0.39 is 0 Å². The molecule has 286 valence electrons. The number of anilines is 3. The maximum Gasteiger partial charge on any atom is 0.143 e. The third-order valence-corrected chi connectivity index (χ3v) is 12.2. The SMILES string of the molecule is c1ccc(-c2cc(N(c3ccccc3-c3ccc4ccccc4c3)c3cccc4c3c3ccccc3n4-c3ccccc3)ccc2-c2cccc3c2oc2ccccc23)cc1. The molecule has 3 heteroatoms. The normalized spacial score (nSPS) is 11.6. The van der Waals surface area contributed by atoms with Crippen molar-refractivity contribution in [3.8, 4) is 39.1 Å². The van der Waals surface area contributed by atoms with Crippen molar-refractivity contribution in [3.05, 3.63) is 231 Å². The Kier molecular flexibility index (Phi) is 8.17. The van der Waals surface area contributed by atoms with Gasteiger partial charge in [-0.15, -0.1) is 0 Å². The predicted octanol–water partition coefficient (Wildman–Crippen LogP) is 16.3. The van der Waals surface area contributed by atoms with Crippen LogP contribution in [0.1, 0.15) is 0 Å². The smallest absolute Gasteiger partial charge is 0.143 e. The van der Waals surface area contributed by atoms with E-state index >= 15 is 0 Å². The summed E-state index contributed by atoms with van der Waals surface area (Å²) in [7, 11) is 0. The molecule has 0 amide bonds. The summed E-state index contributed by atoms with van der Waals surface area (Å²) in [6.45, 7) is 0. The first kappa shape index (κ1) is 34.9. The van der Waals surface area contributed by atoms with Crippen molar-refractivity contribution in [1.29, 1.82) is 0 Å². The molecular weight excluding hydrogens is 741 g/mol. The molecule has 10 aromatic carbocycles. The summed E-state index contributed by atoms with van der Waals surface area (Å²) in [6, 6.07) is 83.0. The second kappa shape index (κ2) is 14.3. The minimum atomic E-state index is 0.891. The van der Waals surface area contributed by atoms with E-state index in [-0.39, 0.29) is 0 Å². The number of furan rings is 1. The topological polar surface area (TPSA) is 21.3 Å². The van der Waals surface area contributed by atoms with Crippen molar-refractivity contribution >= 4 is 71.6 Å². The van der Waals surface area contributed by atoms with Gasteiger partial charge in [0.2, 0.25) is 0 Å². The van der Waals surface area contributed by atoms with E-state index in [1.54, 1.807) is 0 Å². The lowest BCUT2D eigenvalue weighted by Gasteiger charge is -2.30. The van der Waals surface area contributed by atoms with Gasteiger partial charge in [0.15, 0.2) is 0 Å². The van der Waals surface area contributed by atoms with Gasteiger partial charge in [-0.3, -0.25) is 0 Å². The Hall–Kier alpha value is -8.14. The molecule has 2 aromatic heterocycles. The number of fused-ring (bicyclic) bond motifs is 7. The number of aromatic nitrogens is 1. The molecule has 0 unspecified atom stereocenters. The van der Waals surface area contributed by atoms with Crippen molar-refractivity contribution in [2.45, 2.75) is 0 Å². The first-order valence-corrected chi connectivity index (χ1v) is 20.8. The molecule has 0 saturated heterocycles. The number of hydrogen-bond donors (Lipinski definition) is 0. The molecule has 2 heterocycles. The number of para-hydroxylation sites is 5. The van der Waals surface area contributed by atoms with E-state index in [1.165, 1.54) is 21.5 Å². The Morgan fingerprint density at radius 3 is 1.90 bits per heavy atom. The summed E-state index contributed by atoms with van der Waals surface area (Å²) in [5, 5.41) is 7.06. The Morgan fingerprint density at radius 2 is 1.02 bits per heavy atom. The van der Waals surface area contributed by atoms with Gasteiger partial charge in [0, 0.05) is 44.0 Å². The van der Waals surface area contributed by atoms with Crippen LogP contribution in [0.15, 0.2) is 235 Å². The maximum atomic E-state index is 6.66. The zero-order chi connectivity index (χ0) is 40.3. The quantitative estimate of drug-likeness (QED) is 0.161. The van der Waals surface area contributed by atoms with Gasteiger partial charge in [-0.2, -0.15) is 0 Å². The lowest BCUT2D eigenvalue weighted by atomic mass is 9.92. The van der Waals surface area contributed by atoms with Gasteiger partial charge in [-0.25, -0.2) is 0 Å². The van der Waals surface area contributed by atoms with Gasteiger partial charge in [0.05, 0.1) is 22.4 Å². The second-order valence-electron chi connectivity index (χ2n) is 15.7. The van der Waals surface area contributed by atoms with E-state index in [0.29, 0.717) is 0 Å². The fourth-order valence-electron chi connectivity index (χ4n) is 9.44. The number of nitrogens with zero attached hydrogens (tertiary/aromatic N) is 2. The van der Waals surface area contributed by atoms with Gasteiger partial charge in [0.25, 0.3) is 0 Å². The van der Waals surface area contributed by atoms with Crippen LogP contribution in [0.2, 0.25) is 0 Å². The molecule has 61 heavy (non-hydrogen) atoms. The van der Waals surface area contributed by atoms with E-state index in [0.717, 1.165) is 89.1 Å². The molecule has 0 radical (unpaired) electrons. The van der Waals surface area contributed by atoms with Crippen molar-refractivity contribution in [2.75, 3.05) is 4.90 Å². The van der Waals surface area contributed by atoms with Gasteiger partial charge in [-0.05, 0) is 93.7 Å². The summed E-state index contributed by atoms with van der Waals surface area (Å²) >= 11 is 0. The van der Waals surface area contributed by atoms with Crippen LogP contribution in [0.4, 0.5) is 17.1 Å². The van der Waals surface area contributed by atoms with Crippen LogP contribution in [0.25, 0.3) is 93.6 Å². The Bertz CT molecular complexity index is 3600. The average molecular weight is 779 g/mol. The highest BCUT2D eigenvalue weighted by Crippen LogP contribution is 2.49. The third kappa shape index (κ3) is 5.74. The number of rotatable bonds is 7. The highest BCUT2D eigenvalue weighted by molar-refractivity contribution is 6.17. The molecule has 0 aliphatic carbocycles. The molecule has 0 aliphatic rings. The fourth-order valence-corrected chi connectivity index (χ4v) is 9.44. The van der Waals surface area contributed by atoms with Crippen LogP contribution in [0, 0.1) is 0 Å². The monoisotopic (exact) mass is 778 g/mol. The molecule has 0 spiro atoms. The summed E-state index contributed by atoms with van der Waals surface area (Å²) in [4.78, 5) is 2.48. The zero-order valence-corrected chi connectivity index (χ0v) is 33.2. The van der Waals surface area contributed by atoms with Crippen molar-refractivity contribution in [2.24, 2.45) is 0 Å². The molecule has 3 nitrogen and oxygen atoms in total. The van der Waals surface area contributed by atoms with E-state index in [2.05, 4.69) is 234 Å². The van der Waals surface area contributed by atoms with Gasteiger partial charge < -0.3 is 13.9 Å². The minimum Gasteiger partial charge on any atom is -0.455 e. The molecule has 0 fully saturated rings. The van der Waals surface area contributed by atoms with Crippen LogP contribution in [-0.4, -0.2) is 4.57 Å². The molecule has 0 atom stereocenters. The van der Waals surface area contributed by atoms with Crippen LogP contribution in [0.3, 0.4) is 0 Å². The predicted molar refractivity (Wildman–Crippen MR) is 257 cm³/mol. The van der Waals surface area contributed by atoms with Gasteiger partial charge in [-0.1, -0.05) is 170 Å². The van der Waals surface area contributed by atoms with Crippen molar-refractivity contribution in [1.82, 2.24) is 4.57 Å². The Balaban J connectivity index is 1.16. The highest BCUT2D eigenvalue weighted by Gasteiger charge is 2.25. The molecule has 0 saturated carbocycles. The maximum absolute atomic E-state index is 6.66. The second-order valence-corrected chi connectivity index (χ2v) is 15.7. The molecular formula is C58H38N2O. The van der Waals surface area contributed by atoms with E-state index in [4.69, 9.17) is 4.42 Å². The highest BCUT2D eigenvalue weighted by atomic mass is 16.3. The first-order valence-electron chi connectivity index (χ1n) is 20.8. The minimum absolute atomic E-state index is 0.891. The van der Waals surface area contributed by atoms with Gasteiger partial charge in [0.1, 0.15) is 11.2 Å². The number of benzene rings is 10. The third-order valence-electron chi connectivity index (χ3n) is 12.2. The summed E-state index contributed by atoms with van der Waals surface area (Å²) < 4.78 is 9.05. The molecule has 0 aliphatic heterocycles. The van der Waals surface area contributed by atoms with Crippen LogP contribution in [0.5, 0.6) is 0 Å². The Labute approximate surface area is 353 Å². The van der Waals surface area contributed by atoms with Crippen LogP contribution >= 0.6 is 0 Å². The van der Waals surface area contributed by atoms with Crippen molar-refractivity contribution in [3.63, 3.8) is 0 Å². The van der Waals surface area contributed by atoms with Gasteiger partial charge >= 0.3 is 0 Å². The molecule has 0 N–H and O–H groups in total. The largest absolute Gasteiger partial charge is 0.455 e. The lowest BCUT2D eigenvalue weighted by Crippen LogP contribution is -2.12. The summed E-state index contributed by atoms with van der Waals surface area (Å²) in [6.07, 6.45) is 0. The lowest BCUT2D eigenvalue weighted by molar-refractivity contribution is 0.670. The Morgan fingerprint density at radius 1 is 0.361 bits per heavy atom. The standard InChI is InChI=1S/C58H38N2O/c1-3-18-40(19-4-1)51-38-44(35-36-46(51)48-26-15-27-49-47-24-11-14-32-56(47)61-58(48)49)60(52-28-12-9-23-45(52)42-34-33-39-17-7-8-20-41(39)37-42)55-31-16-30-54-57(55)50-25-10-13-29-53(50)59(54)43-21-5-2-6-22-43/h1-38H. The fraction of sp³-hybridized carbons (Fsp3) is 0.